The van der Waals surface area contributed by atoms with Crippen LogP contribution in [0.25, 0.3) is 0 Å². The van der Waals surface area contributed by atoms with E-state index in [-0.39, 0.29) is 12.1 Å². The Labute approximate surface area is 209 Å². The first-order valence-electron chi connectivity index (χ1n) is 14.0. The van der Waals surface area contributed by atoms with Crippen LogP contribution >= 0.6 is 0 Å². The molecule has 3 atom stereocenters. The van der Waals surface area contributed by atoms with Gasteiger partial charge < -0.3 is 14.6 Å². The molecule has 196 valence electrons. The average Bonchev–Trinajstić information content (AvgIpc) is 2.86. The number of benzene rings is 1. The van der Waals surface area contributed by atoms with Gasteiger partial charge in [-0.15, -0.1) is 0 Å². The van der Waals surface area contributed by atoms with Crippen LogP contribution in [0.3, 0.4) is 0 Å². The molecule has 0 bridgehead atoms. The summed E-state index contributed by atoms with van der Waals surface area (Å²) in [7, 11) is 1.42. The van der Waals surface area contributed by atoms with E-state index in [2.05, 4.69) is 26.0 Å². The highest BCUT2D eigenvalue weighted by atomic mass is 16.5. The monoisotopic (exact) mass is 476 g/mol. The molecule has 0 aliphatic heterocycles. The number of carbonyl (C=O) groups excluding carboxylic acids is 1. The van der Waals surface area contributed by atoms with Crippen molar-refractivity contribution in [3.05, 3.63) is 35.9 Å². The molecule has 0 spiro atoms. The lowest BCUT2D eigenvalue weighted by Crippen LogP contribution is -2.33. The van der Waals surface area contributed by atoms with Gasteiger partial charge in [0.25, 0.3) is 0 Å². The maximum Gasteiger partial charge on any atom is 0.311 e. The second-order valence-corrected chi connectivity index (χ2v) is 9.82. The summed E-state index contributed by atoms with van der Waals surface area (Å²) in [6.07, 6.45) is 17.2. The number of methoxy groups -OCH3 is 1. The molecule has 1 N–H and O–H groups in total. The van der Waals surface area contributed by atoms with Gasteiger partial charge >= 0.3 is 5.97 Å². The van der Waals surface area contributed by atoms with Crippen molar-refractivity contribution >= 4 is 5.97 Å². The van der Waals surface area contributed by atoms with E-state index in [1.54, 1.807) is 0 Å². The zero-order valence-corrected chi connectivity index (χ0v) is 22.3. The molecule has 0 aromatic heterocycles. The number of ether oxygens (including phenoxy) is 2. The largest absolute Gasteiger partial charge is 0.469 e. The minimum Gasteiger partial charge on any atom is -0.469 e. The number of rotatable bonds is 22. The lowest BCUT2D eigenvalue weighted by molar-refractivity contribution is -0.151. The molecule has 0 amide bonds. The van der Waals surface area contributed by atoms with Crippen LogP contribution in [0, 0.1) is 5.92 Å². The third kappa shape index (κ3) is 14.8. The van der Waals surface area contributed by atoms with Crippen molar-refractivity contribution < 1.29 is 19.4 Å². The van der Waals surface area contributed by atoms with Gasteiger partial charge in [-0.25, -0.2) is 0 Å². The molecule has 4 heteroatoms. The standard InChI is InChI=1S/C30H52O4/c1-4-6-8-10-11-12-13-14-18-22-27(34-25-26-20-16-15-17-21-26)24-29(31)28(30(32)33-3)23-19-9-7-5-2/h15-17,20-21,27-29,31H,4-14,18-19,22-25H2,1-3H3/t27-,28-,29-/m0/s1. The van der Waals surface area contributed by atoms with Crippen LogP contribution in [0.1, 0.15) is 122 Å². The Morgan fingerprint density at radius 3 is 1.91 bits per heavy atom. The van der Waals surface area contributed by atoms with E-state index in [0.29, 0.717) is 19.4 Å². The van der Waals surface area contributed by atoms with Crippen molar-refractivity contribution in [2.75, 3.05) is 7.11 Å². The minimum atomic E-state index is -0.728. The Kier molecular flexibility index (Phi) is 18.9. The molecule has 0 saturated heterocycles. The van der Waals surface area contributed by atoms with Crippen molar-refractivity contribution in [2.24, 2.45) is 5.92 Å². The van der Waals surface area contributed by atoms with Gasteiger partial charge in [0.1, 0.15) is 0 Å². The van der Waals surface area contributed by atoms with Crippen LogP contribution in [0.4, 0.5) is 0 Å². The summed E-state index contributed by atoms with van der Waals surface area (Å²) in [4.78, 5) is 12.4. The van der Waals surface area contributed by atoms with Crippen molar-refractivity contribution in [2.45, 2.75) is 135 Å². The molecular formula is C30H52O4. The molecule has 0 heterocycles. The molecule has 1 aromatic carbocycles. The van der Waals surface area contributed by atoms with Crippen molar-refractivity contribution in [1.29, 1.82) is 0 Å². The second-order valence-electron chi connectivity index (χ2n) is 9.82. The smallest absolute Gasteiger partial charge is 0.311 e. The predicted octanol–water partition coefficient (Wildman–Crippen LogP) is 8.00. The Bertz CT molecular complexity index is 589. The lowest BCUT2D eigenvalue weighted by atomic mass is 9.90. The summed E-state index contributed by atoms with van der Waals surface area (Å²) in [5, 5.41) is 11.0. The van der Waals surface area contributed by atoms with Crippen LogP contribution in [0.15, 0.2) is 30.3 Å². The maximum atomic E-state index is 12.4. The summed E-state index contributed by atoms with van der Waals surface area (Å²) in [6, 6.07) is 10.2. The van der Waals surface area contributed by atoms with Gasteiger partial charge in [0.05, 0.1) is 31.8 Å². The minimum absolute atomic E-state index is 0.0532. The number of aliphatic hydroxyl groups excluding tert-OH is 1. The Morgan fingerprint density at radius 1 is 0.794 bits per heavy atom. The first-order chi connectivity index (χ1) is 16.6. The molecule has 0 fully saturated rings. The zero-order valence-electron chi connectivity index (χ0n) is 22.3. The van der Waals surface area contributed by atoms with Gasteiger partial charge in [-0.05, 0) is 18.4 Å². The summed E-state index contributed by atoms with van der Waals surface area (Å²) in [5.74, 6) is -0.762. The van der Waals surface area contributed by atoms with Crippen LogP contribution in [-0.4, -0.2) is 30.4 Å². The first-order valence-corrected chi connectivity index (χ1v) is 14.0. The van der Waals surface area contributed by atoms with E-state index >= 15 is 0 Å². The SMILES string of the molecule is CCCCCCCCCCC[C@@H](C[C@H](O)[C@H](CCCCCC)C(=O)OC)OCc1ccccc1. The highest BCUT2D eigenvalue weighted by Gasteiger charge is 2.29. The van der Waals surface area contributed by atoms with Crippen molar-refractivity contribution in [3.8, 4) is 0 Å². The maximum absolute atomic E-state index is 12.4. The van der Waals surface area contributed by atoms with Crippen LogP contribution in [0.5, 0.6) is 0 Å². The molecule has 34 heavy (non-hydrogen) atoms. The van der Waals surface area contributed by atoms with Crippen LogP contribution in [-0.2, 0) is 20.9 Å². The number of carbonyl (C=O) groups is 1. The van der Waals surface area contributed by atoms with E-state index < -0.39 is 12.0 Å². The quantitative estimate of drug-likeness (QED) is 0.136. The molecule has 1 rings (SSSR count). The fraction of sp³-hybridized carbons (Fsp3) is 0.767. The fourth-order valence-electron chi connectivity index (χ4n) is 4.58. The molecule has 0 unspecified atom stereocenters. The van der Waals surface area contributed by atoms with Gasteiger partial charge in [-0.2, -0.15) is 0 Å². The molecule has 1 aromatic rings. The third-order valence-electron chi connectivity index (χ3n) is 6.80. The fourth-order valence-corrected chi connectivity index (χ4v) is 4.58. The second kappa shape index (κ2) is 20.9. The van der Waals surface area contributed by atoms with Gasteiger partial charge in [0.2, 0.25) is 0 Å². The highest BCUT2D eigenvalue weighted by Crippen LogP contribution is 2.23. The number of aliphatic hydroxyl groups is 1. The van der Waals surface area contributed by atoms with E-state index in [0.717, 1.165) is 44.1 Å². The van der Waals surface area contributed by atoms with Gasteiger partial charge in [-0.1, -0.05) is 128 Å². The molecule has 0 aliphatic rings. The predicted molar refractivity (Wildman–Crippen MR) is 142 cm³/mol. The van der Waals surface area contributed by atoms with Gasteiger partial charge in [0, 0.05) is 6.42 Å². The number of hydrogen-bond donors (Lipinski definition) is 1. The van der Waals surface area contributed by atoms with E-state index in [1.807, 2.05) is 18.2 Å². The van der Waals surface area contributed by atoms with Crippen LogP contribution in [0.2, 0.25) is 0 Å². The Morgan fingerprint density at radius 2 is 1.32 bits per heavy atom. The molecule has 0 aliphatic carbocycles. The zero-order chi connectivity index (χ0) is 24.9. The van der Waals surface area contributed by atoms with Gasteiger partial charge in [0.15, 0.2) is 0 Å². The topological polar surface area (TPSA) is 55.8 Å². The Balaban J connectivity index is 2.55. The summed E-state index contributed by atoms with van der Waals surface area (Å²) >= 11 is 0. The number of esters is 1. The molecule has 4 nitrogen and oxygen atoms in total. The summed E-state index contributed by atoms with van der Waals surface area (Å²) < 4.78 is 11.3. The van der Waals surface area contributed by atoms with Gasteiger partial charge in [-0.3, -0.25) is 4.79 Å². The third-order valence-corrected chi connectivity index (χ3v) is 6.80. The summed E-state index contributed by atoms with van der Waals surface area (Å²) in [6.45, 7) is 4.97. The molecule has 0 radical (unpaired) electrons. The average molecular weight is 477 g/mol. The van der Waals surface area contributed by atoms with Crippen LogP contribution < -0.4 is 0 Å². The molecule has 0 saturated carbocycles. The van der Waals surface area contributed by atoms with E-state index in [9.17, 15) is 9.90 Å². The highest BCUT2D eigenvalue weighted by molar-refractivity contribution is 5.72. The number of unbranched alkanes of at least 4 members (excludes halogenated alkanes) is 11. The van der Waals surface area contributed by atoms with E-state index in [4.69, 9.17) is 9.47 Å². The van der Waals surface area contributed by atoms with E-state index in [1.165, 1.54) is 58.5 Å². The Hall–Kier alpha value is -1.39. The number of hydrogen-bond acceptors (Lipinski definition) is 4. The summed E-state index contributed by atoms with van der Waals surface area (Å²) in [5.41, 5.74) is 1.14. The van der Waals surface area contributed by atoms with Crippen molar-refractivity contribution in [1.82, 2.24) is 0 Å². The normalized spacial score (nSPS) is 14.0. The first kappa shape index (κ1) is 30.6. The van der Waals surface area contributed by atoms with Crippen molar-refractivity contribution in [3.63, 3.8) is 0 Å². The molecular weight excluding hydrogens is 424 g/mol. The lowest BCUT2D eigenvalue weighted by Gasteiger charge is -2.26.